The quantitative estimate of drug-likeness (QED) is 0.665. The van der Waals surface area contributed by atoms with E-state index in [0.29, 0.717) is 0 Å². The third-order valence-electron chi connectivity index (χ3n) is 3.30. The minimum atomic E-state index is 0.777. The Morgan fingerprint density at radius 1 is 1.13 bits per heavy atom. The Morgan fingerprint density at radius 2 is 1.80 bits per heavy atom. The molecule has 0 amide bonds. The first kappa shape index (κ1) is 13.0. The van der Waals surface area contributed by atoms with Crippen LogP contribution >= 0.6 is 0 Å². The fourth-order valence-corrected chi connectivity index (χ4v) is 2.28. The largest absolute Gasteiger partial charge is 0.313 e. The van der Waals surface area contributed by atoms with Crippen molar-refractivity contribution in [2.75, 3.05) is 26.2 Å². The van der Waals surface area contributed by atoms with Crippen molar-refractivity contribution >= 4 is 0 Å². The molecule has 0 aromatic heterocycles. The number of unbranched alkanes of at least 4 members (excludes halogenated alkanes) is 2. The Bertz CT molecular complexity index is 133. The maximum absolute atomic E-state index is 3.60. The highest BCUT2D eigenvalue weighted by Crippen LogP contribution is 2.08. The van der Waals surface area contributed by atoms with E-state index in [9.17, 15) is 0 Å². The van der Waals surface area contributed by atoms with Gasteiger partial charge < -0.3 is 10.2 Å². The monoisotopic (exact) mass is 212 g/mol. The lowest BCUT2D eigenvalue weighted by Gasteiger charge is -2.25. The van der Waals surface area contributed by atoms with Gasteiger partial charge in [-0.1, -0.05) is 26.7 Å². The molecule has 0 spiro atoms. The van der Waals surface area contributed by atoms with Crippen molar-refractivity contribution in [3.05, 3.63) is 0 Å². The number of hydrogen-bond acceptors (Lipinski definition) is 2. The molecule has 1 N–H and O–H groups in total. The van der Waals surface area contributed by atoms with Crippen LogP contribution in [0.5, 0.6) is 0 Å². The summed E-state index contributed by atoms with van der Waals surface area (Å²) in [4.78, 5) is 2.66. The van der Waals surface area contributed by atoms with Crippen molar-refractivity contribution in [3.8, 4) is 0 Å². The topological polar surface area (TPSA) is 15.3 Å². The van der Waals surface area contributed by atoms with E-state index < -0.39 is 0 Å². The summed E-state index contributed by atoms with van der Waals surface area (Å²) >= 11 is 0. The van der Waals surface area contributed by atoms with E-state index in [1.165, 1.54) is 64.7 Å². The van der Waals surface area contributed by atoms with Crippen molar-refractivity contribution in [1.29, 1.82) is 0 Å². The van der Waals surface area contributed by atoms with Crippen molar-refractivity contribution < 1.29 is 0 Å². The van der Waals surface area contributed by atoms with Crippen LogP contribution in [0.15, 0.2) is 0 Å². The molecule has 0 aliphatic carbocycles. The molecule has 1 aliphatic rings. The van der Waals surface area contributed by atoms with Crippen LogP contribution in [0.3, 0.4) is 0 Å². The third kappa shape index (κ3) is 5.53. The summed E-state index contributed by atoms with van der Waals surface area (Å²) in [6.07, 6.45) is 8.11. The molecule has 1 heterocycles. The van der Waals surface area contributed by atoms with Crippen molar-refractivity contribution in [2.45, 2.75) is 58.4 Å². The van der Waals surface area contributed by atoms with E-state index in [1.54, 1.807) is 0 Å². The van der Waals surface area contributed by atoms with E-state index >= 15 is 0 Å². The first-order valence-electron chi connectivity index (χ1n) is 6.82. The molecule has 0 radical (unpaired) electrons. The van der Waals surface area contributed by atoms with Gasteiger partial charge in [0.15, 0.2) is 0 Å². The summed E-state index contributed by atoms with van der Waals surface area (Å²) in [7, 11) is 0. The molecule has 90 valence electrons. The Labute approximate surface area is 95.4 Å². The first-order chi connectivity index (χ1) is 7.36. The van der Waals surface area contributed by atoms with Gasteiger partial charge in [0.1, 0.15) is 0 Å². The molecule has 15 heavy (non-hydrogen) atoms. The standard InChI is InChI=1S/C13H28N2/c1-3-5-10-15(11-6-4-2)12-13-8-7-9-14-13/h13-14H,3-12H2,1-2H3/t13-/m0/s1. The van der Waals surface area contributed by atoms with Gasteiger partial charge in [-0.15, -0.1) is 0 Å². The molecule has 0 aromatic carbocycles. The zero-order valence-electron chi connectivity index (χ0n) is 10.6. The van der Waals surface area contributed by atoms with Gasteiger partial charge in [0.2, 0.25) is 0 Å². The third-order valence-corrected chi connectivity index (χ3v) is 3.30. The summed E-state index contributed by atoms with van der Waals surface area (Å²) < 4.78 is 0. The van der Waals surface area contributed by atoms with E-state index in [2.05, 4.69) is 24.1 Å². The molecule has 0 bridgehead atoms. The molecule has 1 fully saturated rings. The predicted octanol–water partition coefficient (Wildman–Crippen LogP) is 2.64. The lowest BCUT2D eigenvalue weighted by atomic mass is 10.2. The number of nitrogens with one attached hydrogen (secondary N) is 1. The molecular formula is C13H28N2. The highest BCUT2D eigenvalue weighted by atomic mass is 15.1. The van der Waals surface area contributed by atoms with Crippen LogP contribution in [-0.2, 0) is 0 Å². The van der Waals surface area contributed by atoms with Crippen LogP contribution in [0.2, 0.25) is 0 Å². The van der Waals surface area contributed by atoms with E-state index in [4.69, 9.17) is 0 Å². The highest BCUT2D eigenvalue weighted by Gasteiger charge is 2.16. The number of nitrogens with zero attached hydrogens (tertiary/aromatic N) is 1. The SMILES string of the molecule is CCCCN(CCCC)C[C@@H]1CCCN1. The summed E-state index contributed by atoms with van der Waals surface area (Å²) in [6, 6.07) is 0.777. The molecule has 1 saturated heterocycles. The normalized spacial score (nSPS) is 21.4. The summed E-state index contributed by atoms with van der Waals surface area (Å²) in [5.41, 5.74) is 0. The van der Waals surface area contributed by atoms with Gasteiger partial charge in [0.05, 0.1) is 0 Å². The maximum Gasteiger partial charge on any atom is 0.0195 e. The van der Waals surface area contributed by atoms with Gasteiger partial charge in [0, 0.05) is 12.6 Å². The lowest BCUT2D eigenvalue weighted by molar-refractivity contribution is 0.242. The van der Waals surface area contributed by atoms with Gasteiger partial charge in [-0.2, -0.15) is 0 Å². The summed E-state index contributed by atoms with van der Waals surface area (Å²) in [5, 5.41) is 3.60. The molecule has 0 unspecified atom stereocenters. The zero-order valence-corrected chi connectivity index (χ0v) is 10.6. The van der Waals surface area contributed by atoms with Gasteiger partial charge in [-0.3, -0.25) is 0 Å². The van der Waals surface area contributed by atoms with Gasteiger partial charge in [-0.05, 0) is 45.3 Å². The fourth-order valence-electron chi connectivity index (χ4n) is 2.28. The van der Waals surface area contributed by atoms with Gasteiger partial charge in [0.25, 0.3) is 0 Å². The first-order valence-corrected chi connectivity index (χ1v) is 6.82. The number of rotatable bonds is 8. The predicted molar refractivity (Wildman–Crippen MR) is 67.3 cm³/mol. The molecule has 2 heteroatoms. The summed E-state index contributed by atoms with van der Waals surface area (Å²) in [5.74, 6) is 0. The minimum absolute atomic E-state index is 0.777. The maximum atomic E-state index is 3.60. The number of hydrogen-bond donors (Lipinski definition) is 1. The molecule has 1 atom stereocenters. The molecule has 0 saturated carbocycles. The molecule has 1 rings (SSSR count). The Hall–Kier alpha value is -0.0800. The van der Waals surface area contributed by atoms with Crippen molar-refractivity contribution in [1.82, 2.24) is 10.2 Å². The van der Waals surface area contributed by atoms with Crippen LogP contribution in [0.1, 0.15) is 52.4 Å². The van der Waals surface area contributed by atoms with Crippen LogP contribution in [0.4, 0.5) is 0 Å². The van der Waals surface area contributed by atoms with E-state index in [0.717, 1.165) is 6.04 Å². The van der Waals surface area contributed by atoms with E-state index in [-0.39, 0.29) is 0 Å². The van der Waals surface area contributed by atoms with Gasteiger partial charge >= 0.3 is 0 Å². The fraction of sp³-hybridized carbons (Fsp3) is 1.00. The smallest absolute Gasteiger partial charge is 0.0195 e. The molecule has 2 nitrogen and oxygen atoms in total. The highest BCUT2D eigenvalue weighted by molar-refractivity contribution is 4.77. The molecule has 1 aliphatic heterocycles. The zero-order chi connectivity index (χ0) is 10.9. The van der Waals surface area contributed by atoms with Crippen LogP contribution < -0.4 is 5.32 Å². The Kier molecular flexibility index (Phi) is 7.03. The van der Waals surface area contributed by atoms with Crippen LogP contribution in [0.25, 0.3) is 0 Å². The van der Waals surface area contributed by atoms with E-state index in [1.807, 2.05) is 0 Å². The average Bonchev–Trinajstić information content (AvgIpc) is 2.74. The second-order valence-electron chi connectivity index (χ2n) is 4.80. The van der Waals surface area contributed by atoms with Crippen LogP contribution in [0, 0.1) is 0 Å². The molecule has 0 aromatic rings. The minimum Gasteiger partial charge on any atom is -0.313 e. The van der Waals surface area contributed by atoms with Crippen LogP contribution in [-0.4, -0.2) is 37.1 Å². The Morgan fingerprint density at radius 3 is 2.27 bits per heavy atom. The van der Waals surface area contributed by atoms with Gasteiger partial charge in [-0.25, -0.2) is 0 Å². The lowest BCUT2D eigenvalue weighted by Crippen LogP contribution is -2.38. The second-order valence-corrected chi connectivity index (χ2v) is 4.80. The van der Waals surface area contributed by atoms with Crippen molar-refractivity contribution in [3.63, 3.8) is 0 Å². The second kappa shape index (κ2) is 8.12. The molecular weight excluding hydrogens is 184 g/mol. The average molecular weight is 212 g/mol. The summed E-state index contributed by atoms with van der Waals surface area (Å²) in [6.45, 7) is 9.68. The van der Waals surface area contributed by atoms with Crippen molar-refractivity contribution in [2.24, 2.45) is 0 Å². The Balaban J connectivity index is 2.19.